The van der Waals surface area contributed by atoms with Crippen molar-refractivity contribution in [2.24, 2.45) is 0 Å². The predicted molar refractivity (Wildman–Crippen MR) is 32.2 cm³/mol. The summed E-state index contributed by atoms with van der Waals surface area (Å²) in [4.78, 5) is 17.4. The van der Waals surface area contributed by atoms with Crippen molar-refractivity contribution in [2.45, 2.75) is 0 Å². The third kappa shape index (κ3) is 1.53. The van der Waals surface area contributed by atoms with E-state index in [2.05, 4.69) is 14.8 Å². The van der Waals surface area contributed by atoms with Gasteiger partial charge < -0.3 is 20.2 Å². The van der Waals surface area contributed by atoms with E-state index in [0.29, 0.717) is 0 Å². The van der Waals surface area contributed by atoms with Crippen LogP contribution in [0.2, 0.25) is 0 Å². The summed E-state index contributed by atoms with van der Waals surface area (Å²) in [7, 11) is -2.45. The number of nitrogen functional groups attached to an aromatic ring is 1. The molecule has 1 aromatic rings. The van der Waals surface area contributed by atoms with Gasteiger partial charge in [-0.3, -0.25) is 0 Å². The minimum atomic E-state index is -2.45. The Morgan fingerprint density at radius 3 is 2.80 bits per heavy atom. The standard InChI is InChI=1S/C2H5N4O3P/c3-6-2(1-4-5-6)9-10(7)8/h1,7-8H,3H2. The average Bonchev–Trinajstić information content (AvgIpc) is 2.15. The predicted octanol–water partition coefficient (Wildman–Crippen LogP) is -1.42. The van der Waals surface area contributed by atoms with E-state index in [1.165, 1.54) is 6.20 Å². The first-order chi connectivity index (χ1) is 4.70. The Kier molecular flexibility index (Phi) is 2.00. The molecule has 1 rings (SSSR count). The quantitative estimate of drug-likeness (QED) is 0.366. The highest BCUT2D eigenvalue weighted by Gasteiger charge is 2.06. The molecule has 0 aliphatic rings. The van der Waals surface area contributed by atoms with E-state index < -0.39 is 8.60 Å². The molecular formula is C2H5N4O3P. The van der Waals surface area contributed by atoms with Crippen LogP contribution in [0.25, 0.3) is 0 Å². The van der Waals surface area contributed by atoms with Crippen LogP contribution in [0.5, 0.6) is 5.88 Å². The summed E-state index contributed by atoms with van der Waals surface area (Å²) in [5.74, 6) is 5.11. The molecule has 4 N–H and O–H groups in total. The highest BCUT2D eigenvalue weighted by molar-refractivity contribution is 7.39. The Balaban J connectivity index is 2.65. The molecule has 0 atom stereocenters. The molecule has 1 aromatic heterocycles. The summed E-state index contributed by atoms with van der Waals surface area (Å²) in [5.41, 5.74) is 0. The molecule has 0 spiro atoms. The molecule has 0 aliphatic heterocycles. The van der Waals surface area contributed by atoms with Gasteiger partial charge >= 0.3 is 8.60 Å². The molecule has 0 saturated heterocycles. The smallest absolute Gasteiger partial charge is 0.392 e. The SMILES string of the molecule is Nn1nncc1OP(O)O. The third-order valence-corrected chi connectivity index (χ3v) is 1.07. The third-order valence-electron chi connectivity index (χ3n) is 0.717. The Morgan fingerprint density at radius 2 is 2.40 bits per heavy atom. The minimum absolute atomic E-state index is 0.0103. The molecule has 0 fully saturated rings. The number of aromatic nitrogens is 3. The Morgan fingerprint density at radius 1 is 1.70 bits per heavy atom. The maximum Gasteiger partial charge on any atom is 0.392 e. The normalized spacial score (nSPS) is 10.3. The maximum absolute atomic E-state index is 8.32. The minimum Gasteiger partial charge on any atom is -0.405 e. The lowest BCUT2D eigenvalue weighted by Crippen LogP contribution is -2.11. The summed E-state index contributed by atoms with van der Waals surface area (Å²) >= 11 is 0. The highest BCUT2D eigenvalue weighted by Crippen LogP contribution is 2.26. The number of hydrogen-bond acceptors (Lipinski definition) is 6. The van der Waals surface area contributed by atoms with Crippen molar-refractivity contribution in [3.05, 3.63) is 6.20 Å². The second kappa shape index (κ2) is 2.78. The Hall–Kier alpha value is -0.910. The average molecular weight is 164 g/mol. The first-order valence-electron chi connectivity index (χ1n) is 2.22. The first kappa shape index (κ1) is 7.20. The van der Waals surface area contributed by atoms with Crippen LogP contribution >= 0.6 is 8.60 Å². The lowest BCUT2D eigenvalue weighted by atomic mass is 10.9. The topological polar surface area (TPSA) is 106 Å². The molecular weight excluding hydrogens is 159 g/mol. The monoisotopic (exact) mass is 164 g/mol. The molecule has 10 heavy (non-hydrogen) atoms. The summed E-state index contributed by atoms with van der Waals surface area (Å²) in [6, 6.07) is 0. The number of nitrogens with zero attached hydrogens (tertiary/aromatic N) is 3. The fourth-order valence-electron chi connectivity index (χ4n) is 0.383. The van der Waals surface area contributed by atoms with E-state index in [4.69, 9.17) is 15.6 Å². The van der Waals surface area contributed by atoms with Gasteiger partial charge in [-0.2, -0.15) is 0 Å². The van der Waals surface area contributed by atoms with Crippen molar-refractivity contribution in [3.63, 3.8) is 0 Å². The van der Waals surface area contributed by atoms with Gasteiger partial charge in [0.25, 0.3) is 5.88 Å². The number of hydrogen-bond donors (Lipinski definition) is 3. The zero-order valence-electron chi connectivity index (χ0n) is 4.75. The van der Waals surface area contributed by atoms with Gasteiger partial charge in [-0.15, -0.1) is 9.89 Å². The van der Waals surface area contributed by atoms with Crippen LogP contribution in [-0.4, -0.2) is 24.9 Å². The van der Waals surface area contributed by atoms with Crippen molar-refractivity contribution in [2.75, 3.05) is 5.84 Å². The van der Waals surface area contributed by atoms with Gasteiger partial charge in [-0.1, -0.05) is 0 Å². The molecule has 1 heterocycles. The second-order valence-corrected chi connectivity index (χ2v) is 2.05. The van der Waals surface area contributed by atoms with Crippen LogP contribution < -0.4 is 10.4 Å². The van der Waals surface area contributed by atoms with E-state index in [9.17, 15) is 0 Å². The summed E-state index contributed by atoms with van der Waals surface area (Å²) < 4.78 is 4.37. The molecule has 0 aliphatic carbocycles. The van der Waals surface area contributed by atoms with Crippen LogP contribution in [0.15, 0.2) is 6.20 Å². The van der Waals surface area contributed by atoms with Crippen molar-refractivity contribution in [3.8, 4) is 5.88 Å². The Labute approximate surface area is 57.0 Å². The largest absolute Gasteiger partial charge is 0.405 e. The zero-order valence-corrected chi connectivity index (χ0v) is 5.64. The fourth-order valence-corrected chi connectivity index (χ4v) is 0.681. The molecule has 56 valence electrons. The number of rotatable bonds is 2. The summed E-state index contributed by atoms with van der Waals surface area (Å²) in [6.45, 7) is 0. The molecule has 0 radical (unpaired) electrons. The molecule has 0 saturated carbocycles. The fraction of sp³-hybridized carbons (Fsp3) is 0. The van der Waals surface area contributed by atoms with E-state index in [1.54, 1.807) is 0 Å². The van der Waals surface area contributed by atoms with E-state index >= 15 is 0 Å². The lowest BCUT2D eigenvalue weighted by molar-refractivity contribution is 0.361. The van der Waals surface area contributed by atoms with Crippen LogP contribution in [0.3, 0.4) is 0 Å². The van der Waals surface area contributed by atoms with Gasteiger partial charge in [0.2, 0.25) is 0 Å². The van der Waals surface area contributed by atoms with Crippen LogP contribution in [0.1, 0.15) is 0 Å². The Bertz CT molecular complexity index is 212. The van der Waals surface area contributed by atoms with Crippen LogP contribution in [0.4, 0.5) is 0 Å². The molecule has 0 aromatic carbocycles. The lowest BCUT2D eigenvalue weighted by Gasteiger charge is -2.01. The molecule has 8 heteroatoms. The second-order valence-electron chi connectivity index (χ2n) is 1.36. The van der Waals surface area contributed by atoms with E-state index in [0.717, 1.165) is 4.79 Å². The highest BCUT2D eigenvalue weighted by atomic mass is 31.2. The molecule has 0 bridgehead atoms. The molecule has 0 unspecified atom stereocenters. The van der Waals surface area contributed by atoms with Gasteiger partial charge in [0.1, 0.15) is 6.20 Å². The van der Waals surface area contributed by atoms with Gasteiger partial charge in [0.15, 0.2) is 0 Å². The summed E-state index contributed by atoms with van der Waals surface area (Å²) in [5, 5.41) is 6.60. The van der Waals surface area contributed by atoms with E-state index in [1.807, 2.05) is 0 Å². The van der Waals surface area contributed by atoms with Crippen molar-refractivity contribution < 1.29 is 14.3 Å². The first-order valence-corrected chi connectivity index (χ1v) is 3.38. The van der Waals surface area contributed by atoms with Crippen LogP contribution in [0, 0.1) is 0 Å². The van der Waals surface area contributed by atoms with Crippen molar-refractivity contribution >= 4 is 8.60 Å². The zero-order chi connectivity index (χ0) is 7.56. The van der Waals surface area contributed by atoms with Crippen molar-refractivity contribution in [1.29, 1.82) is 0 Å². The van der Waals surface area contributed by atoms with E-state index in [-0.39, 0.29) is 5.88 Å². The van der Waals surface area contributed by atoms with Gasteiger partial charge in [-0.25, -0.2) is 0 Å². The summed E-state index contributed by atoms with van der Waals surface area (Å²) in [6.07, 6.45) is 1.17. The van der Waals surface area contributed by atoms with Crippen molar-refractivity contribution in [1.82, 2.24) is 15.1 Å². The van der Waals surface area contributed by atoms with Gasteiger partial charge in [0.05, 0.1) is 0 Å². The molecule has 0 amide bonds. The molecule has 7 nitrogen and oxygen atoms in total. The number of nitrogens with two attached hydrogens (primary N) is 1. The maximum atomic E-state index is 8.32. The van der Waals surface area contributed by atoms with Gasteiger partial charge in [0, 0.05) is 0 Å². The van der Waals surface area contributed by atoms with Gasteiger partial charge in [-0.05, 0) is 5.21 Å². The van der Waals surface area contributed by atoms with Crippen LogP contribution in [-0.2, 0) is 0 Å².